The third kappa shape index (κ3) is 4.09. The van der Waals surface area contributed by atoms with Crippen molar-refractivity contribution in [2.24, 2.45) is 0 Å². The fraction of sp³-hybridized carbons (Fsp3) is 0.0833. The summed E-state index contributed by atoms with van der Waals surface area (Å²) in [5.41, 5.74) is -1.81. The Bertz CT molecular complexity index is 1290. The molecular formula is C24H14ClF4NO3. The summed E-state index contributed by atoms with van der Waals surface area (Å²) in [6.45, 7) is 0. The highest BCUT2D eigenvalue weighted by molar-refractivity contribution is 6.51. The van der Waals surface area contributed by atoms with Crippen molar-refractivity contribution in [3.63, 3.8) is 0 Å². The number of alkyl halides is 3. The maximum atomic E-state index is 14.8. The minimum absolute atomic E-state index is 0.128. The average molecular weight is 476 g/mol. The second kappa shape index (κ2) is 8.37. The van der Waals surface area contributed by atoms with Crippen LogP contribution in [0, 0.1) is 5.82 Å². The van der Waals surface area contributed by atoms with Gasteiger partial charge in [0.15, 0.2) is 0 Å². The van der Waals surface area contributed by atoms with Crippen molar-refractivity contribution in [3.8, 4) is 0 Å². The van der Waals surface area contributed by atoms with Crippen LogP contribution in [-0.2, 0) is 15.8 Å². The number of benzene rings is 3. The van der Waals surface area contributed by atoms with Gasteiger partial charge in [0.05, 0.1) is 17.2 Å². The number of nitrogens with zero attached hydrogens (tertiary/aromatic N) is 1. The van der Waals surface area contributed by atoms with Gasteiger partial charge >= 0.3 is 6.18 Å². The molecule has 1 N–H and O–H groups in total. The third-order valence-corrected chi connectivity index (χ3v) is 5.47. The molecule has 9 heteroatoms. The Morgan fingerprint density at radius 1 is 0.939 bits per heavy atom. The molecule has 168 valence electrons. The van der Waals surface area contributed by atoms with E-state index in [1.54, 1.807) is 0 Å². The fourth-order valence-electron chi connectivity index (χ4n) is 3.69. The molecule has 0 aliphatic carbocycles. The topological polar surface area (TPSA) is 57.6 Å². The van der Waals surface area contributed by atoms with Crippen LogP contribution >= 0.6 is 11.6 Å². The summed E-state index contributed by atoms with van der Waals surface area (Å²) < 4.78 is 54.6. The highest BCUT2D eigenvalue weighted by Crippen LogP contribution is 2.44. The molecule has 0 aromatic heterocycles. The first-order chi connectivity index (χ1) is 15.6. The minimum Gasteiger partial charge on any atom is -0.507 e. The van der Waals surface area contributed by atoms with Gasteiger partial charge in [0.2, 0.25) is 0 Å². The molecule has 3 aromatic rings. The average Bonchev–Trinajstić information content (AvgIpc) is 3.04. The number of hydrogen-bond acceptors (Lipinski definition) is 3. The Morgan fingerprint density at radius 2 is 1.61 bits per heavy atom. The van der Waals surface area contributed by atoms with Crippen LogP contribution < -0.4 is 4.90 Å². The van der Waals surface area contributed by atoms with Crippen LogP contribution in [0.3, 0.4) is 0 Å². The zero-order valence-corrected chi connectivity index (χ0v) is 17.4. The van der Waals surface area contributed by atoms with E-state index >= 15 is 0 Å². The number of anilines is 1. The van der Waals surface area contributed by atoms with E-state index in [4.69, 9.17) is 11.6 Å². The van der Waals surface area contributed by atoms with Gasteiger partial charge in [-0.3, -0.25) is 14.5 Å². The Hall–Kier alpha value is -3.65. The smallest absolute Gasteiger partial charge is 0.416 e. The summed E-state index contributed by atoms with van der Waals surface area (Å²) in [7, 11) is 0. The van der Waals surface area contributed by atoms with Crippen molar-refractivity contribution >= 4 is 34.7 Å². The van der Waals surface area contributed by atoms with Gasteiger partial charge in [0.1, 0.15) is 11.6 Å². The van der Waals surface area contributed by atoms with Gasteiger partial charge in [0.25, 0.3) is 11.7 Å². The highest BCUT2D eigenvalue weighted by Gasteiger charge is 2.48. The molecule has 1 amide bonds. The number of aliphatic hydroxyl groups excluding tert-OH is 1. The summed E-state index contributed by atoms with van der Waals surface area (Å²) in [6.07, 6.45) is -4.71. The van der Waals surface area contributed by atoms with E-state index in [-0.39, 0.29) is 16.8 Å². The monoisotopic (exact) mass is 475 g/mol. The van der Waals surface area contributed by atoms with Crippen molar-refractivity contribution in [1.82, 2.24) is 0 Å². The molecule has 1 aliphatic heterocycles. The first kappa shape index (κ1) is 22.5. The Kier molecular flexibility index (Phi) is 5.71. The molecule has 1 fully saturated rings. The zero-order chi connectivity index (χ0) is 23.9. The van der Waals surface area contributed by atoms with Crippen LogP contribution in [0.25, 0.3) is 5.76 Å². The summed E-state index contributed by atoms with van der Waals surface area (Å²) in [5.74, 6) is -3.76. The number of ketones is 1. The van der Waals surface area contributed by atoms with Crippen molar-refractivity contribution in [3.05, 3.63) is 106 Å². The van der Waals surface area contributed by atoms with Gasteiger partial charge in [-0.15, -0.1) is 0 Å². The number of carbonyl (C=O) groups excluding carboxylic acids is 2. The number of Topliss-reactive ketones (excluding diaryl/α,β-unsaturated/α-hetero) is 1. The van der Waals surface area contributed by atoms with Gasteiger partial charge < -0.3 is 5.11 Å². The Balaban J connectivity index is 1.97. The maximum Gasteiger partial charge on any atom is 0.416 e. The number of halogens is 5. The number of carbonyl (C=O) groups is 2. The normalized spacial score (nSPS) is 18.1. The highest BCUT2D eigenvalue weighted by atomic mass is 35.5. The van der Waals surface area contributed by atoms with Gasteiger partial charge in [-0.05, 0) is 48.5 Å². The molecule has 1 saturated heterocycles. The number of rotatable bonds is 3. The second-order valence-corrected chi connectivity index (χ2v) is 7.68. The molecule has 0 saturated carbocycles. The quantitative estimate of drug-likeness (QED) is 0.215. The lowest BCUT2D eigenvalue weighted by Crippen LogP contribution is -2.30. The van der Waals surface area contributed by atoms with Gasteiger partial charge in [-0.25, -0.2) is 4.39 Å². The van der Waals surface area contributed by atoms with Crippen molar-refractivity contribution in [2.75, 3.05) is 4.90 Å². The van der Waals surface area contributed by atoms with Crippen LogP contribution in [-0.4, -0.2) is 16.8 Å². The molecule has 4 rings (SSSR count). The standard InChI is InChI=1S/C24H14ClF4NO3/c25-15-10-8-13(9-11-15)21(31)19-20(17-6-1-2-7-18(17)26)30(23(33)22(19)32)16-5-3-4-14(12-16)24(27,28)29/h1-12,20,31H/t20-/m0/s1. The third-order valence-electron chi connectivity index (χ3n) is 5.21. The predicted molar refractivity (Wildman–Crippen MR) is 114 cm³/mol. The van der Waals surface area contributed by atoms with E-state index in [0.717, 1.165) is 23.1 Å². The van der Waals surface area contributed by atoms with Crippen LogP contribution in [0.2, 0.25) is 5.02 Å². The molecule has 0 unspecified atom stereocenters. The lowest BCUT2D eigenvalue weighted by atomic mass is 9.94. The molecule has 0 bridgehead atoms. The van der Waals surface area contributed by atoms with E-state index in [2.05, 4.69) is 0 Å². The SMILES string of the molecule is O=C1C(=O)N(c2cccc(C(F)(F)F)c2)[C@@H](c2ccccc2F)C1=C(O)c1ccc(Cl)cc1. The molecule has 3 aromatic carbocycles. The van der Waals surface area contributed by atoms with Crippen LogP contribution in [0.5, 0.6) is 0 Å². The fourth-order valence-corrected chi connectivity index (χ4v) is 3.81. The Labute approximate surface area is 190 Å². The lowest BCUT2D eigenvalue weighted by molar-refractivity contribution is -0.137. The summed E-state index contributed by atoms with van der Waals surface area (Å²) in [4.78, 5) is 26.7. The van der Waals surface area contributed by atoms with E-state index in [1.807, 2.05) is 0 Å². The van der Waals surface area contributed by atoms with Crippen LogP contribution in [0.1, 0.15) is 22.7 Å². The van der Waals surface area contributed by atoms with Crippen molar-refractivity contribution in [2.45, 2.75) is 12.2 Å². The molecular weight excluding hydrogens is 462 g/mol. The van der Waals surface area contributed by atoms with Crippen molar-refractivity contribution < 1.29 is 32.3 Å². The Morgan fingerprint density at radius 3 is 2.24 bits per heavy atom. The molecule has 33 heavy (non-hydrogen) atoms. The molecule has 1 atom stereocenters. The second-order valence-electron chi connectivity index (χ2n) is 7.25. The maximum absolute atomic E-state index is 14.8. The molecule has 4 nitrogen and oxygen atoms in total. The molecule has 0 spiro atoms. The van der Waals surface area contributed by atoms with Crippen LogP contribution in [0.4, 0.5) is 23.2 Å². The van der Waals surface area contributed by atoms with Gasteiger partial charge in [0, 0.05) is 21.8 Å². The lowest BCUT2D eigenvalue weighted by Gasteiger charge is -2.26. The van der Waals surface area contributed by atoms with Gasteiger partial charge in [-0.2, -0.15) is 13.2 Å². The minimum atomic E-state index is -4.71. The van der Waals surface area contributed by atoms with Crippen molar-refractivity contribution in [1.29, 1.82) is 0 Å². The van der Waals surface area contributed by atoms with E-state index in [9.17, 15) is 32.3 Å². The molecule has 1 heterocycles. The number of hydrogen-bond donors (Lipinski definition) is 1. The van der Waals surface area contributed by atoms with E-state index in [0.29, 0.717) is 11.1 Å². The number of amides is 1. The number of aliphatic hydroxyl groups is 1. The zero-order valence-electron chi connectivity index (χ0n) is 16.6. The predicted octanol–water partition coefficient (Wildman–Crippen LogP) is 6.12. The van der Waals surface area contributed by atoms with E-state index < -0.39 is 46.6 Å². The first-order valence-corrected chi connectivity index (χ1v) is 9.96. The van der Waals surface area contributed by atoms with Crippen LogP contribution in [0.15, 0.2) is 78.4 Å². The summed E-state index contributed by atoms with van der Waals surface area (Å²) in [5, 5.41) is 11.3. The molecule has 1 aliphatic rings. The van der Waals surface area contributed by atoms with Gasteiger partial charge in [-0.1, -0.05) is 35.9 Å². The summed E-state index contributed by atoms with van der Waals surface area (Å²) >= 11 is 5.86. The summed E-state index contributed by atoms with van der Waals surface area (Å²) in [6, 6.07) is 13.2. The van der Waals surface area contributed by atoms with E-state index in [1.165, 1.54) is 48.5 Å². The molecule has 0 radical (unpaired) electrons. The first-order valence-electron chi connectivity index (χ1n) is 9.58. The largest absolute Gasteiger partial charge is 0.507 e.